The second-order valence-electron chi connectivity index (χ2n) is 3.93. The van der Waals surface area contributed by atoms with Crippen molar-refractivity contribution in [1.82, 2.24) is 5.32 Å². The molecule has 0 aliphatic heterocycles. The van der Waals surface area contributed by atoms with Crippen LogP contribution < -0.4 is 15.4 Å². The number of carbonyl (C=O) groups excluding carboxylic acids is 1. The Balaban J connectivity index is 2.82. The summed E-state index contributed by atoms with van der Waals surface area (Å²) < 4.78 is 5.13. The highest BCUT2D eigenvalue weighted by molar-refractivity contribution is 5.91. The minimum absolute atomic E-state index is 0.0927. The van der Waals surface area contributed by atoms with Crippen LogP contribution in [0.5, 0.6) is 5.75 Å². The Hall–Kier alpha value is -2.22. The van der Waals surface area contributed by atoms with E-state index >= 15 is 0 Å². The number of hydrogen-bond donors (Lipinski definition) is 2. The SMILES string of the molecule is CC[C@H](C)NC(=O)Nc1cc(C#N)ccc1OC. The van der Waals surface area contributed by atoms with Crippen LogP contribution in [0.1, 0.15) is 25.8 Å². The van der Waals surface area contributed by atoms with Gasteiger partial charge in [-0.05, 0) is 31.5 Å². The summed E-state index contributed by atoms with van der Waals surface area (Å²) in [5.41, 5.74) is 0.951. The van der Waals surface area contributed by atoms with E-state index in [1.807, 2.05) is 19.9 Å². The third-order valence-electron chi connectivity index (χ3n) is 2.57. The van der Waals surface area contributed by atoms with E-state index in [0.717, 1.165) is 6.42 Å². The van der Waals surface area contributed by atoms with E-state index in [0.29, 0.717) is 17.0 Å². The lowest BCUT2D eigenvalue weighted by molar-refractivity contribution is 0.249. The number of ether oxygens (including phenoxy) is 1. The average molecular weight is 247 g/mol. The molecule has 0 spiro atoms. The molecule has 1 aromatic rings. The molecule has 0 aromatic heterocycles. The van der Waals surface area contributed by atoms with Gasteiger partial charge in [0.2, 0.25) is 0 Å². The van der Waals surface area contributed by atoms with Crippen LogP contribution in [0.25, 0.3) is 0 Å². The summed E-state index contributed by atoms with van der Waals surface area (Å²) in [6, 6.07) is 6.67. The fourth-order valence-corrected chi connectivity index (χ4v) is 1.36. The van der Waals surface area contributed by atoms with Crippen molar-refractivity contribution in [3.8, 4) is 11.8 Å². The maximum absolute atomic E-state index is 11.7. The normalized spacial score (nSPS) is 11.2. The zero-order chi connectivity index (χ0) is 13.5. The van der Waals surface area contributed by atoms with Crippen LogP contribution in [0.4, 0.5) is 10.5 Å². The Morgan fingerprint density at radius 3 is 2.83 bits per heavy atom. The Morgan fingerprint density at radius 1 is 1.56 bits per heavy atom. The second kappa shape index (κ2) is 6.50. The highest BCUT2D eigenvalue weighted by Gasteiger charge is 2.10. The van der Waals surface area contributed by atoms with Crippen molar-refractivity contribution >= 4 is 11.7 Å². The first-order valence-corrected chi connectivity index (χ1v) is 5.76. The molecular weight excluding hydrogens is 230 g/mol. The Kier molecular flexibility index (Phi) is 5.00. The van der Waals surface area contributed by atoms with Gasteiger partial charge in [-0.2, -0.15) is 5.26 Å². The summed E-state index contributed by atoms with van der Waals surface area (Å²) in [5.74, 6) is 0.522. The quantitative estimate of drug-likeness (QED) is 0.858. The van der Waals surface area contributed by atoms with E-state index in [1.165, 1.54) is 7.11 Å². The number of methoxy groups -OCH3 is 1. The van der Waals surface area contributed by atoms with E-state index in [2.05, 4.69) is 10.6 Å². The number of carbonyl (C=O) groups is 1. The lowest BCUT2D eigenvalue weighted by Gasteiger charge is -2.14. The van der Waals surface area contributed by atoms with Crippen LogP contribution in [0.3, 0.4) is 0 Å². The van der Waals surface area contributed by atoms with Crippen LogP contribution >= 0.6 is 0 Å². The maximum atomic E-state index is 11.7. The molecule has 0 bridgehead atoms. The molecule has 0 fully saturated rings. The maximum Gasteiger partial charge on any atom is 0.319 e. The van der Waals surface area contributed by atoms with Crippen molar-refractivity contribution in [1.29, 1.82) is 5.26 Å². The molecule has 5 heteroatoms. The monoisotopic (exact) mass is 247 g/mol. The molecular formula is C13H17N3O2. The summed E-state index contributed by atoms with van der Waals surface area (Å²) in [7, 11) is 1.51. The minimum Gasteiger partial charge on any atom is -0.495 e. The Labute approximate surface area is 107 Å². The van der Waals surface area contributed by atoms with Crippen molar-refractivity contribution in [3.63, 3.8) is 0 Å². The first-order valence-electron chi connectivity index (χ1n) is 5.76. The van der Waals surface area contributed by atoms with Crippen LogP contribution in [0.2, 0.25) is 0 Å². The van der Waals surface area contributed by atoms with Gasteiger partial charge < -0.3 is 15.4 Å². The van der Waals surface area contributed by atoms with E-state index in [9.17, 15) is 4.79 Å². The van der Waals surface area contributed by atoms with Gasteiger partial charge in [0.05, 0.1) is 24.4 Å². The third-order valence-corrected chi connectivity index (χ3v) is 2.57. The largest absolute Gasteiger partial charge is 0.495 e. The summed E-state index contributed by atoms with van der Waals surface area (Å²) in [6.45, 7) is 3.91. The molecule has 2 amide bonds. The van der Waals surface area contributed by atoms with E-state index in [1.54, 1.807) is 18.2 Å². The fraction of sp³-hybridized carbons (Fsp3) is 0.385. The fourth-order valence-electron chi connectivity index (χ4n) is 1.36. The first-order chi connectivity index (χ1) is 8.60. The van der Waals surface area contributed by atoms with Crippen molar-refractivity contribution < 1.29 is 9.53 Å². The van der Waals surface area contributed by atoms with Gasteiger partial charge in [0.25, 0.3) is 0 Å². The molecule has 5 nitrogen and oxygen atoms in total. The molecule has 0 unspecified atom stereocenters. The van der Waals surface area contributed by atoms with Crippen molar-refractivity contribution in [2.24, 2.45) is 0 Å². The molecule has 0 aliphatic rings. The summed E-state index contributed by atoms with van der Waals surface area (Å²) in [4.78, 5) is 11.7. The van der Waals surface area contributed by atoms with Gasteiger partial charge in [-0.3, -0.25) is 0 Å². The van der Waals surface area contributed by atoms with E-state index < -0.39 is 0 Å². The molecule has 18 heavy (non-hydrogen) atoms. The van der Waals surface area contributed by atoms with Gasteiger partial charge in [0.15, 0.2) is 0 Å². The number of anilines is 1. The van der Waals surface area contributed by atoms with E-state index in [4.69, 9.17) is 10.00 Å². The van der Waals surface area contributed by atoms with Crippen molar-refractivity contribution in [2.45, 2.75) is 26.3 Å². The zero-order valence-corrected chi connectivity index (χ0v) is 10.8. The summed E-state index contributed by atoms with van der Waals surface area (Å²) in [6.07, 6.45) is 0.850. The van der Waals surface area contributed by atoms with Crippen LogP contribution in [0, 0.1) is 11.3 Å². The molecule has 0 saturated heterocycles. The number of benzene rings is 1. The topological polar surface area (TPSA) is 74.2 Å². The molecule has 0 aliphatic carbocycles. The number of amides is 2. The number of nitriles is 1. The van der Waals surface area contributed by atoms with Crippen LogP contribution in [-0.4, -0.2) is 19.2 Å². The molecule has 0 radical (unpaired) electrons. The van der Waals surface area contributed by atoms with Gasteiger partial charge in [-0.15, -0.1) is 0 Å². The van der Waals surface area contributed by atoms with Gasteiger partial charge >= 0.3 is 6.03 Å². The predicted molar refractivity (Wildman–Crippen MR) is 69.6 cm³/mol. The van der Waals surface area contributed by atoms with Crippen LogP contribution in [-0.2, 0) is 0 Å². The molecule has 0 heterocycles. The second-order valence-corrected chi connectivity index (χ2v) is 3.93. The lowest BCUT2D eigenvalue weighted by Crippen LogP contribution is -2.35. The highest BCUT2D eigenvalue weighted by atomic mass is 16.5. The van der Waals surface area contributed by atoms with Gasteiger partial charge in [0, 0.05) is 6.04 Å². The number of hydrogen-bond acceptors (Lipinski definition) is 3. The van der Waals surface area contributed by atoms with Gasteiger partial charge in [-0.25, -0.2) is 4.79 Å². The Bertz CT molecular complexity index is 466. The predicted octanol–water partition coefficient (Wildman–Crippen LogP) is 2.49. The molecule has 96 valence electrons. The standard InChI is InChI=1S/C13H17N3O2/c1-4-9(2)15-13(17)16-11-7-10(8-14)5-6-12(11)18-3/h5-7,9H,4H2,1-3H3,(H2,15,16,17)/t9-/m0/s1. The highest BCUT2D eigenvalue weighted by Crippen LogP contribution is 2.25. The average Bonchev–Trinajstić information content (AvgIpc) is 2.38. The van der Waals surface area contributed by atoms with Crippen molar-refractivity contribution in [2.75, 3.05) is 12.4 Å². The molecule has 1 aromatic carbocycles. The number of rotatable bonds is 4. The van der Waals surface area contributed by atoms with Gasteiger partial charge in [-0.1, -0.05) is 6.92 Å². The van der Waals surface area contributed by atoms with Crippen molar-refractivity contribution in [3.05, 3.63) is 23.8 Å². The molecule has 1 atom stereocenters. The molecule has 0 saturated carbocycles. The third kappa shape index (κ3) is 3.67. The number of urea groups is 1. The number of nitrogens with zero attached hydrogens (tertiary/aromatic N) is 1. The first kappa shape index (κ1) is 13.8. The van der Waals surface area contributed by atoms with Gasteiger partial charge in [0.1, 0.15) is 5.75 Å². The molecule has 1 rings (SSSR count). The van der Waals surface area contributed by atoms with E-state index in [-0.39, 0.29) is 12.1 Å². The summed E-state index contributed by atoms with van der Waals surface area (Å²) in [5, 5.41) is 14.3. The molecule has 2 N–H and O–H groups in total. The summed E-state index contributed by atoms with van der Waals surface area (Å²) >= 11 is 0. The lowest BCUT2D eigenvalue weighted by atomic mass is 10.2. The minimum atomic E-state index is -0.308. The van der Waals surface area contributed by atoms with Crippen LogP contribution in [0.15, 0.2) is 18.2 Å². The smallest absolute Gasteiger partial charge is 0.319 e. The Morgan fingerprint density at radius 2 is 2.28 bits per heavy atom. The number of nitrogens with one attached hydrogen (secondary N) is 2. The zero-order valence-electron chi connectivity index (χ0n) is 10.8.